The van der Waals surface area contributed by atoms with Crippen LogP contribution in [0.3, 0.4) is 0 Å². The number of hydrogen-bond donors (Lipinski definition) is 2. The van der Waals surface area contributed by atoms with Crippen molar-refractivity contribution < 1.29 is 9.90 Å². The lowest BCUT2D eigenvalue weighted by Gasteiger charge is -2.32. The molecule has 0 aromatic rings. The SMILES string of the molecule is C=C(CCO)C(=O)N1CCN(S)CC1. The zero-order valence-corrected chi connectivity index (χ0v) is 9.04. The monoisotopic (exact) mass is 216 g/mol. The number of carbonyl (C=O) groups excluding carboxylic acids is 1. The summed E-state index contributed by atoms with van der Waals surface area (Å²) in [5.74, 6) is -0.0412. The van der Waals surface area contributed by atoms with Gasteiger partial charge in [-0.15, -0.1) is 0 Å². The zero-order chi connectivity index (χ0) is 10.6. The fourth-order valence-electron chi connectivity index (χ4n) is 1.36. The van der Waals surface area contributed by atoms with E-state index in [1.807, 2.05) is 4.31 Å². The fourth-order valence-corrected chi connectivity index (χ4v) is 1.54. The summed E-state index contributed by atoms with van der Waals surface area (Å²) in [4.78, 5) is 13.4. The molecule has 5 heteroatoms. The Bertz CT molecular complexity index is 225. The van der Waals surface area contributed by atoms with Gasteiger partial charge in [0.2, 0.25) is 5.91 Å². The highest BCUT2D eigenvalue weighted by Gasteiger charge is 2.20. The third kappa shape index (κ3) is 3.01. The van der Waals surface area contributed by atoms with Gasteiger partial charge in [-0.05, 0) is 0 Å². The van der Waals surface area contributed by atoms with E-state index in [-0.39, 0.29) is 12.5 Å². The van der Waals surface area contributed by atoms with E-state index in [1.54, 1.807) is 4.90 Å². The summed E-state index contributed by atoms with van der Waals surface area (Å²) in [6.07, 6.45) is 0.361. The van der Waals surface area contributed by atoms with Crippen LogP contribution in [0, 0.1) is 0 Å². The third-order valence-corrected chi connectivity index (χ3v) is 2.66. The molecule has 0 aliphatic carbocycles. The summed E-state index contributed by atoms with van der Waals surface area (Å²) >= 11 is 4.20. The molecule has 0 saturated carbocycles. The van der Waals surface area contributed by atoms with E-state index in [0.29, 0.717) is 25.1 Å². The lowest BCUT2D eigenvalue weighted by atomic mass is 10.2. The van der Waals surface area contributed by atoms with Crippen molar-refractivity contribution in [3.63, 3.8) is 0 Å². The maximum atomic E-state index is 11.7. The Morgan fingerprint density at radius 1 is 1.36 bits per heavy atom. The molecule has 80 valence electrons. The largest absolute Gasteiger partial charge is 0.396 e. The molecule has 1 fully saturated rings. The van der Waals surface area contributed by atoms with Crippen LogP contribution in [0.4, 0.5) is 0 Å². The van der Waals surface area contributed by atoms with E-state index < -0.39 is 0 Å². The summed E-state index contributed by atoms with van der Waals surface area (Å²) < 4.78 is 1.89. The van der Waals surface area contributed by atoms with Gasteiger partial charge < -0.3 is 10.0 Å². The predicted molar refractivity (Wildman–Crippen MR) is 58.0 cm³/mol. The number of nitrogens with zero attached hydrogens (tertiary/aromatic N) is 2. The van der Waals surface area contributed by atoms with Gasteiger partial charge >= 0.3 is 0 Å². The van der Waals surface area contributed by atoms with Gasteiger partial charge in [0.1, 0.15) is 0 Å². The second kappa shape index (κ2) is 5.38. The molecule has 0 spiro atoms. The molecule has 4 nitrogen and oxygen atoms in total. The van der Waals surface area contributed by atoms with Gasteiger partial charge in [-0.25, -0.2) is 4.31 Å². The number of rotatable bonds is 3. The van der Waals surface area contributed by atoms with Gasteiger partial charge in [0, 0.05) is 44.8 Å². The van der Waals surface area contributed by atoms with Crippen molar-refractivity contribution in [2.24, 2.45) is 0 Å². The molecule has 0 atom stereocenters. The van der Waals surface area contributed by atoms with Gasteiger partial charge in [-0.2, -0.15) is 0 Å². The Morgan fingerprint density at radius 3 is 2.43 bits per heavy atom. The summed E-state index contributed by atoms with van der Waals surface area (Å²) in [7, 11) is 0. The van der Waals surface area contributed by atoms with Crippen LogP contribution in [0.2, 0.25) is 0 Å². The molecule has 0 aromatic carbocycles. The number of amides is 1. The highest BCUT2D eigenvalue weighted by atomic mass is 32.1. The van der Waals surface area contributed by atoms with Gasteiger partial charge in [0.05, 0.1) is 0 Å². The minimum absolute atomic E-state index is 0.0168. The predicted octanol–water partition coefficient (Wildman–Crippen LogP) is -0.0860. The van der Waals surface area contributed by atoms with Crippen molar-refractivity contribution in [2.45, 2.75) is 6.42 Å². The van der Waals surface area contributed by atoms with E-state index in [4.69, 9.17) is 5.11 Å². The first-order valence-electron chi connectivity index (χ1n) is 4.67. The molecule has 1 amide bonds. The van der Waals surface area contributed by atoms with Crippen molar-refractivity contribution in [2.75, 3.05) is 32.8 Å². The van der Waals surface area contributed by atoms with E-state index in [9.17, 15) is 4.79 Å². The van der Waals surface area contributed by atoms with E-state index in [2.05, 4.69) is 19.4 Å². The maximum absolute atomic E-state index is 11.7. The van der Waals surface area contributed by atoms with Gasteiger partial charge in [0.25, 0.3) is 0 Å². The number of hydrogen-bond acceptors (Lipinski definition) is 4. The Kier molecular flexibility index (Phi) is 4.44. The smallest absolute Gasteiger partial charge is 0.249 e. The molecule has 1 N–H and O–H groups in total. The van der Waals surface area contributed by atoms with Crippen molar-refractivity contribution in [1.29, 1.82) is 0 Å². The van der Waals surface area contributed by atoms with Crippen LogP contribution in [0.25, 0.3) is 0 Å². The topological polar surface area (TPSA) is 43.8 Å². The number of carbonyl (C=O) groups is 1. The first-order valence-corrected chi connectivity index (χ1v) is 5.07. The van der Waals surface area contributed by atoms with Gasteiger partial charge in [-0.1, -0.05) is 19.4 Å². The van der Waals surface area contributed by atoms with Gasteiger partial charge in [-0.3, -0.25) is 4.79 Å². The Morgan fingerprint density at radius 2 is 1.93 bits per heavy atom. The van der Waals surface area contributed by atoms with Crippen LogP contribution in [0.1, 0.15) is 6.42 Å². The van der Waals surface area contributed by atoms with Crippen LogP contribution in [0.15, 0.2) is 12.2 Å². The first kappa shape index (κ1) is 11.6. The van der Waals surface area contributed by atoms with Gasteiger partial charge in [0.15, 0.2) is 0 Å². The molecule has 1 saturated heterocycles. The maximum Gasteiger partial charge on any atom is 0.249 e. The molecule has 0 radical (unpaired) electrons. The van der Waals surface area contributed by atoms with Crippen molar-refractivity contribution in [3.05, 3.63) is 12.2 Å². The van der Waals surface area contributed by atoms with E-state index in [0.717, 1.165) is 13.1 Å². The molecule has 1 aliphatic heterocycles. The molecular formula is C9H16N2O2S. The number of piperazine rings is 1. The van der Waals surface area contributed by atoms with Crippen LogP contribution in [-0.4, -0.2) is 53.0 Å². The molecule has 0 aromatic heterocycles. The first-order chi connectivity index (χ1) is 6.65. The summed E-state index contributed by atoms with van der Waals surface area (Å²) in [5, 5.41) is 8.67. The van der Waals surface area contributed by atoms with Crippen LogP contribution in [-0.2, 0) is 4.79 Å². The summed E-state index contributed by atoms with van der Waals surface area (Å²) in [6, 6.07) is 0. The standard InChI is InChI=1S/C9H16N2O2S/c1-8(2-7-12)9(13)10-3-5-11(14)6-4-10/h12,14H,1-7H2. The molecule has 1 rings (SSSR count). The highest BCUT2D eigenvalue weighted by Crippen LogP contribution is 2.09. The Labute approximate surface area is 89.7 Å². The average Bonchev–Trinajstić information content (AvgIpc) is 2.18. The number of aliphatic hydroxyl groups is 1. The highest BCUT2D eigenvalue weighted by molar-refractivity contribution is 7.77. The van der Waals surface area contributed by atoms with E-state index in [1.165, 1.54) is 0 Å². The number of thiol groups is 1. The third-order valence-electron chi connectivity index (χ3n) is 2.26. The lowest BCUT2D eigenvalue weighted by molar-refractivity contribution is -0.128. The molecule has 1 heterocycles. The molecule has 1 aliphatic rings. The lowest BCUT2D eigenvalue weighted by Crippen LogP contribution is -2.46. The molecule has 14 heavy (non-hydrogen) atoms. The minimum Gasteiger partial charge on any atom is -0.396 e. The second-order valence-electron chi connectivity index (χ2n) is 3.32. The summed E-state index contributed by atoms with van der Waals surface area (Å²) in [6.45, 7) is 6.57. The average molecular weight is 216 g/mol. The fraction of sp³-hybridized carbons (Fsp3) is 0.667. The Balaban J connectivity index is 2.41. The Hall–Kier alpha value is -0.520. The molecular weight excluding hydrogens is 200 g/mol. The molecule has 0 unspecified atom stereocenters. The quantitative estimate of drug-likeness (QED) is 0.512. The zero-order valence-electron chi connectivity index (χ0n) is 8.15. The van der Waals surface area contributed by atoms with Crippen LogP contribution in [0.5, 0.6) is 0 Å². The van der Waals surface area contributed by atoms with Crippen molar-refractivity contribution >= 4 is 18.7 Å². The summed E-state index contributed by atoms with van der Waals surface area (Å²) in [5.41, 5.74) is 0.486. The van der Waals surface area contributed by atoms with Crippen molar-refractivity contribution in [3.8, 4) is 0 Å². The van der Waals surface area contributed by atoms with Crippen LogP contribution < -0.4 is 0 Å². The minimum atomic E-state index is -0.0412. The van der Waals surface area contributed by atoms with E-state index >= 15 is 0 Å². The van der Waals surface area contributed by atoms with Crippen molar-refractivity contribution in [1.82, 2.24) is 9.21 Å². The normalized spacial score (nSPS) is 18.3. The molecule has 0 bridgehead atoms. The van der Waals surface area contributed by atoms with Crippen LogP contribution >= 0.6 is 12.8 Å². The number of aliphatic hydroxyl groups excluding tert-OH is 1. The second-order valence-corrected chi connectivity index (χ2v) is 3.89.